The van der Waals surface area contributed by atoms with E-state index in [4.69, 9.17) is 4.74 Å². The Hall–Kier alpha value is -2.42. The number of esters is 1. The van der Waals surface area contributed by atoms with Crippen LogP contribution in [0, 0.1) is 5.92 Å². The van der Waals surface area contributed by atoms with Gasteiger partial charge < -0.3 is 4.74 Å². The number of carbonyl (C=O) groups is 2. The number of hydrogen-bond acceptors (Lipinski definition) is 3. The van der Waals surface area contributed by atoms with E-state index >= 15 is 0 Å². The Balaban J connectivity index is 1.88. The van der Waals surface area contributed by atoms with Crippen LogP contribution in [0.2, 0.25) is 0 Å². The van der Waals surface area contributed by atoms with Crippen molar-refractivity contribution in [2.75, 3.05) is 0 Å². The van der Waals surface area contributed by atoms with Crippen LogP contribution in [0.5, 0.6) is 0 Å². The Morgan fingerprint density at radius 1 is 0.905 bits per heavy atom. The summed E-state index contributed by atoms with van der Waals surface area (Å²) in [7, 11) is 0. The van der Waals surface area contributed by atoms with Gasteiger partial charge in [-0.3, -0.25) is 9.59 Å². The first-order valence-corrected chi connectivity index (χ1v) is 7.10. The Morgan fingerprint density at radius 3 is 2.05 bits per heavy atom. The molecule has 0 aliphatic heterocycles. The molecule has 0 aromatic heterocycles. The fourth-order valence-electron chi connectivity index (χ4n) is 2.19. The summed E-state index contributed by atoms with van der Waals surface area (Å²) < 4.78 is 5.49. The minimum atomic E-state index is -0.860. The van der Waals surface area contributed by atoms with Crippen LogP contribution >= 0.6 is 0 Å². The van der Waals surface area contributed by atoms with Crippen LogP contribution in [0.3, 0.4) is 0 Å². The van der Waals surface area contributed by atoms with E-state index in [9.17, 15) is 9.59 Å². The lowest BCUT2D eigenvalue weighted by Crippen LogP contribution is -2.21. The maximum Gasteiger partial charge on any atom is 0.310 e. The largest absolute Gasteiger partial charge is 0.449 e. The predicted octanol–water partition coefficient (Wildman–Crippen LogP) is 3.56. The first-order valence-electron chi connectivity index (χ1n) is 7.10. The molecular formula is C18H16O3. The van der Waals surface area contributed by atoms with E-state index in [-0.39, 0.29) is 17.7 Å². The fraction of sp³-hybridized carbons (Fsp3) is 0.222. The van der Waals surface area contributed by atoms with Crippen molar-refractivity contribution < 1.29 is 14.3 Å². The molecule has 0 heterocycles. The van der Waals surface area contributed by atoms with Crippen molar-refractivity contribution in [2.45, 2.75) is 18.9 Å². The number of benzene rings is 2. The van der Waals surface area contributed by atoms with Gasteiger partial charge in [-0.25, -0.2) is 0 Å². The molecule has 0 radical (unpaired) electrons. The van der Waals surface area contributed by atoms with Gasteiger partial charge in [-0.2, -0.15) is 0 Å². The number of ketones is 1. The molecular weight excluding hydrogens is 264 g/mol. The summed E-state index contributed by atoms with van der Waals surface area (Å²) in [6.45, 7) is 0. The molecule has 0 bridgehead atoms. The summed E-state index contributed by atoms with van der Waals surface area (Å²) in [4.78, 5) is 24.6. The highest BCUT2D eigenvalue weighted by Crippen LogP contribution is 2.33. The van der Waals surface area contributed by atoms with Crippen molar-refractivity contribution in [3.8, 4) is 0 Å². The molecule has 0 spiro atoms. The molecule has 3 heteroatoms. The van der Waals surface area contributed by atoms with Gasteiger partial charge in [-0.1, -0.05) is 60.7 Å². The second-order valence-electron chi connectivity index (χ2n) is 5.23. The van der Waals surface area contributed by atoms with Gasteiger partial charge in [0, 0.05) is 11.1 Å². The highest BCUT2D eigenvalue weighted by Gasteiger charge is 2.35. The number of Topliss-reactive ketones (excluding diaryl/α,β-unsaturated/α-hetero) is 1. The van der Waals surface area contributed by atoms with E-state index < -0.39 is 6.10 Å². The highest BCUT2D eigenvalue weighted by molar-refractivity contribution is 6.01. The van der Waals surface area contributed by atoms with Crippen molar-refractivity contribution in [1.29, 1.82) is 0 Å². The van der Waals surface area contributed by atoms with Crippen molar-refractivity contribution in [3.63, 3.8) is 0 Å². The molecule has 3 nitrogen and oxygen atoms in total. The molecule has 106 valence electrons. The maximum absolute atomic E-state index is 12.6. The second kappa shape index (κ2) is 5.92. The Morgan fingerprint density at radius 2 is 1.48 bits per heavy atom. The predicted molar refractivity (Wildman–Crippen MR) is 78.8 cm³/mol. The van der Waals surface area contributed by atoms with E-state index in [0.717, 1.165) is 12.8 Å². The summed E-state index contributed by atoms with van der Waals surface area (Å²) in [5.74, 6) is -0.483. The lowest BCUT2D eigenvalue weighted by molar-refractivity contribution is -0.148. The molecule has 3 rings (SSSR count). The van der Waals surface area contributed by atoms with Gasteiger partial charge in [0.2, 0.25) is 5.78 Å². The van der Waals surface area contributed by atoms with Gasteiger partial charge in [0.05, 0.1) is 5.92 Å². The van der Waals surface area contributed by atoms with Crippen LogP contribution in [0.15, 0.2) is 60.7 Å². The Labute approximate surface area is 123 Å². The zero-order valence-electron chi connectivity index (χ0n) is 11.6. The van der Waals surface area contributed by atoms with Gasteiger partial charge in [0.15, 0.2) is 6.10 Å². The van der Waals surface area contributed by atoms with Crippen molar-refractivity contribution in [2.24, 2.45) is 5.92 Å². The lowest BCUT2D eigenvalue weighted by Gasteiger charge is -2.17. The first-order chi connectivity index (χ1) is 10.3. The van der Waals surface area contributed by atoms with Crippen molar-refractivity contribution in [1.82, 2.24) is 0 Å². The average Bonchev–Trinajstić information content (AvgIpc) is 3.38. The molecule has 1 fully saturated rings. The highest BCUT2D eigenvalue weighted by atomic mass is 16.5. The Bertz CT molecular complexity index is 630. The SMILES string of the molecule is O=C(OC(C(=O)c1ccccc1)c1ccccc1)C1CC1. The first kappa shape index (κ1) is 13.6. The van der Waals surface area contributed by atoms with Crippen molar-refractivity contribution in [3.05, 3.63) is 71.8 Å². The molecule has 1 aliphatic rings. The van der Waals surface area contributed by atoms with Gasteiger partial charge in [-0.15, -0.1) is 0 Å². The molecule has 1 saturated carbocycles. The zero-order valence-corrected chi connectivity index (χ0v) is 11.6. The molecule has 1 unspecified atom stereocenters. The molecule has 0 N–H and O–H groups in total. The summed E-state index contributed by atoms with van der Waals surface area (Å²) >= 11 is 0. The summed E-state index contributed by atoms with van der Waals surface area (Å²) in [6.07, 6.45) is 0.862. The number of rotatable bonds is 5. The molecule has 2 aromatic rings. The van der Waals surface area contributed by atoms with E-state index in [1.165, 1.54) is 0 Å². The second-order valence-corrected chi connectivity index (χ2v) is 5.23. The van der Waals surface area contributed by atoms with E-state index in [1.54, 1.807) is 24.3 Å². The number of ether oxygens (including phenoxy) is 1. The summed E-state index contributed by atoms with van der Waals surface area (Å²) in [5.41, 5.74) is 1.26. The Kier molecular flexibility index (Phi) is 3.82. The van der Waals surface area contributed by atoms with Crippen LogP contribution in [-0.4, -0.2) is 11.8 Å². The van der Waals surface area contributed by atoms with Crippen LogP contribution in [-0.2, 0) is 9.53 Å². The van der Waals surface area contributed by atoms with E-state index in [1.807, 2.05) is 36.4 Å². The summed E-state index contributed by atoms with van der Waals surface area (Å²) in [5, 5.41) is 0. The van der Waals surface area contributed by atoms with Gasteiger partial charge in [0.1, 0.15) is 0 Å². The normalized spacial score (nSPS) is 15.2. The summed E-state index contributed by atoms with van der Waals surface area (Å²) in [6, 6.07) is 18.1. The third-order valence-corrected chi connectivity index (χ3v) is 3.54. The quantitative estimate of drug-likeness (QED) is 0.621. The van der Waals surface area contributed by atoms with E-state index in [2.05, 4.69) is 0 Å². The van der Waals surface area contributed by atoms with Gasteiger partial charge >= 0.3 is 5.97 Å². The number of carbonyl (C=O) groups excluding carboxylic acids is 2. The molecule has 0 saturated heterocycles. The smallest absolute Gasteiger partial charge is 0.310 e. The molecule has 2 aromatic carbocycles. The molecule has 0 amide bonds. The monoisotopic (exact) mass is 280 g/mol. The van der Waals surface area contributed by atoms with Gasteiger partial charge in [-0.05, 0) is 12.8 Å². The van der Waals surface area contributed by atoms with E-state index in [0.29, 0.717) is 11.1 Å². The van der Waals surface area contributed by atoms with Crippen LogP contribution in [0.4, 0.5) is 0 Å². The minimum absolute atomic E-state index is 0.0280. The topological polar surface area (TPSA) is 43.4 Å². The van der Waals surface area contributed by atoms with Gasteiger partial charge in [0.25, 0.3) is 0 Å². The van der Waals surface area contributed by atoms with Crippen molar-refractivity contribution >= 4 is 11.8 Å². The zero-order chi connectivity index (χ0) is 14.7. The number of hydrogen-bond donors (Lipinski definition) is 0. The van der Waals surface area contributed by atoms with Crippen LogP contribution < -0.4 is 0 Å². The average molecular weight is 280 g/mol. The third-order valence-electron chi connectivity index (χ3n) is 3.54. The lowest BCUT2D eigenvalue weighted by atomic mass is 10.00. The van der Waals surface area contributed by atoms with Crippen LogP contribution in [0.1, 0.15) is 34.9 Å². The third kappa shape index (κ3) is 3.19. The van der Waals surface area contributed by atoms with Crippen LogP contribution in [0.25, 0.3) is 0 Å². The fourth-order valence-corrected chi connectivity index (χ4v) is 2.19. The molecule has 21 heavy (non-hydrogen) atoms. The minimum Gasteiger partial charge on any atom is -0.449 e. The maximum atomic E-state index is 12.6. The molecule has 1 aliphatic carbocycles. The molecule has 1 atom stereocenters. The standard InChI is InChI=1S/C18H16O3/c19-16(13-7-3-1-4-8-13)17(14-9-5-2-6-10-14)21-18(20)15-11-12-15/h1-10,15,17H,11-12H2.